The summed E-state index contributed by atoms with van der Waals surface area (Å²) in [6.45, 7) is 0. The Kier molecular flexibility index (Phi) is 3.20. The van der Waals surface area contributed by atoms with E-state index in [-0.39, 0.29) is 18.0 Å². The standard InChI is InChI=1S/C13H8BrFN2OS/c14-10-5-8(1-2-11(10)15)12(18)6-9-7-17-3-4-19-13(17)16-9/h1-5,7H,6H2. The van der Waals surface area contributed by atoms with E-state index in [2.05, 4.69) is 20.9 Å². The van der Waals surface area contributed by atoms with Gasteiger partial charge in [0.2, 0.25) is 0 Å². The van der Waals surface area contributed by atoms with Crippen molar-refractivity contribution >= 4 is 38.0 Å². The molecule has 0 saturated carbocycles. The van der Waals surface area contributed by atoms with Crippen LogP contribution in [0.25, 0.3) is 4.96 Å². The summed E-state index contributed by atoms with van der Waals surface area (Å²) in [4.78, 5) is 17.3. The van der Waals surface area contributed by atoms with Gasteiger partial charge in [0.05, 0.1) is 16.6 Å². The molecule has 2 aromatic heterocycles. The van der Waals surface area contributed by atoms with Crippen LogP contribution in [0, 0.1) is 5.82 Å². The number of hydrogen-bond acceptors (Lipinski definition) is 3. The SMILES string of the molecule is O=C(Cc1cn2ccsc2n1)c1ccc(F)c(Br)c1. The van der Waals surface area contributed by atoms with E-state index in [1.807, 2.05) is 22.2 Å². The molecule has 2 heterocycles. The van der Waals surface area contributed by atoms with Crippen LogP contribution in [-0.4, -0.2) is 15.2 Å². The highest BCUT2D eigenvalue weighted by molar-refractivity contribution is 9.10. The van der Waals surface area contributed by atoms with Gasteiger partial charge in [-0.1, -0.05) is 0 Å². The van der Waals surface area contributed by atoms with Crippen molar-refractivity contribution < 1.29 is 9.18 Å². The van der Waals surface area contributed by atoms with Crippen molar-refractivity contribution in [1.82, 2.24) is 9.38 Å². The third kappa shape index (κ3) is 2.46. The first-order chi connectivity index (χ1) is 9.13. The Morgan fingerprint density at radius 3 is 3.05 bits per heavy atom. The molecule has 3 aromatic rings. The Balaban J connectivity index is 1.84. The van der Waals surface area contributed by atoms with Gasteiger partial charge in [-0.15, -0.1) is 11.3 Å². The van der Waals surface area contributed by atoms with Gasteiger partial charge in [-0.05, 0) is 34.1 Å². The lowest BCUT2D eigenvalue weighted by Crippen LogP contribution is -2.04. The van der Waals surface area contributed by atoms with Gasteiger partial charge in [-0.25, -0.2) is 9.37 Å². The van der Waals surface area contributed by atoms with Crippen LogP contribution in [0.1, 0.15) is 16.1 Å². The molecule has 3 rings (SSSR count). The van der Waals surface area contributed by atoms with E-state index in [1.54, 1.807) is 0 Å². The zero-order valence-corrected chi connectivity index (χ0v) is 12.0. The molecule has 0 bridgehead atoms. The van der Waals surface area contributed by atoms with E-state index in [9.17, 15) is 9.18 Å². The zero-order chi connectivity index (χ0) is 13.4. The number of nitrogens with zero attached hydrogens (tertiary/aromatic N) is 2. The summed E-state index contributed by atoms with van der Waals surface area (Å²) in [5.41, 5.74) is 1.20. The predicted octanol–water partition coefficient (Wildman–Crippen LogP) is 3.72. The monoisotopic (exact) mass is 338 g/mol. The molecule has 0 aliphatic carbocycles. The fourth-order valence-corrected chi connectivity index (χ4v) is 2.90. The highest BCUT2D eigenvalue weighted by Crippen LogP contribution is 2.19. The van der Waals surface area contributed by atoms with Gasteiger partial charge in [0.25, 0.3) is 0 Å². The number of aromatic nitrogens is 2. The lowest BCUT2D eigenvalue weighted by atomic mass is 10.1. The Morgan fingerprint density at radius 1 is 1.47 bits per heavy atom. The molecule has 1 aromatic carbocycles. The van der Waals surface area contributed by atoms with E-state index in [1.165, 1.54) is 29.5 Å². The van der Waals surface area contributed by atoms with E-state index in [0.29, 0.717) is 10.0 Å². The molecule has 6 heteroatoms. The summed E-state index contributed by atoms with van der Waals surface area (Å²) in [7, 11) is 0. The normalized spacial score (nSPS) is 11.1. The molecule has 3 nitrogen and oxygen atoms in total. The van der Waals surface area contributed by atoms with Crippen molar-refractivity contribution in [2.24, 2.45) is 0 Å². The quantitative estimate of drug-likeness (QED) is 0.682. The Labute approximate surface area is 120 Å². The van der Waals surface area contributed by atoms with E-state index in [4.69, 9.17) is 0 Å². The minimum atomic E-state index is -0.376. The second kappa shape index (κ2) is 4.86. The summed E-state index contributed by atoms with van der Waals surface area (Å²) < 4.78 is 15.3. The number of imidazole rings is 1. The number of thiazole rings is 1. The van der Waals surface area contributed by atoms with E-state index >= 15 is 0 Å². The van der Waals surface area contributed by atoms with Gasteiger partial charge in [0, 0.05) is 23.3 Å². The Bertz CT molecular complexity index is 736. The number of rotatable bonds is 3. The molecular formula is C13H8BrFN2OS. The fraction of sp³-hybridized carbons (Fsp3) is 0.0769. The molecule has 0 atom stereocenters. The molecule has 0 aliphatic heterocycles. The number of Topliss-reactive ketones (excluding diaryl/α,β-unsaturated/α-hetero) is 1. The van der Waals surface area contributed by atoms with Gasteiger partial charge in [0.15, 0.2) is 10.7 Å². The Hall–Kier alpha value is -1.53. The molecule has 0 fully saturated rings. The zero-order valence-electron chi connectivity index (χ0n) is 9.64. The van der Waals surface area contributed by atoms with Crippen molar-refractivity contribution in [1.29, 1.82) is 0 Å². The van der Waals surface area contributed by atoms with E-state index < -0.39 is 0 Å². The first-order valence-electron chi connectivity index (χ1n) is 5.53. The third-order valence-corrected chi connectivity index (χ3v) is 4.10. The first kappa shape index (κ1) is 12.5. The summed E-state index contributed by atoms with van der Waals surface area (Å²) in [5, 5.41) is 1.94. The maximum atomic E-state index is 13.1. The molecule has 96 valence electrons. The second-order valence-corrected chi connectivity index (χ2v) is 5.78. The number of carbonyl (C=O) groups excluding carboxylic acids is 1. The number of halogens is 2. The van der Waals surface area contributed by atoms with Crippen molar-refractivity contribution in [3.05, 3.63) is 57.5 Å². The number of hydrogen-bond donors (Lipinski definition) is 0. The number of benzene rings is 1. The molecule has 0 aliphatic rings. The molecule has 0 radical (unpaired) electrons. The summed E-state index contributed by atoms with van der Waals surface area (Å²) >= 11 is 4.60. The number of ketones is 1. The fourth-order valence-electron chi connectivity index (χ4n) is 1.80. The van der Waals surface area contributed by atoms with Crippen molar-refractivity contribution in [2.45, 2.75) is 6.42 Å². The van der Waals surface area contributed by atoms with Gasteiger partial charge in [-0.3, -0.25) is 9.20 Å². The van der Waals surface area contributed by atoms with Crippen LogP contribution in [-0.2, 0) is 6.42 Å². The van der Waals surface area contributed by atoms with Gasteiger partial charge in [-0.2, -0.15) is 0 Å². The lowest BCUT2D eigenvalue weighted by Gasteiger charge is -2.00. The largest absolute Gasteiger partial charge is 0.297 e. The number of carbonyl (C=O) groups is 1. The third-order valence-electron chi connectivity index (χ3n) is 2.73. The Morgan fingerprint density at radius 2 is 2.32 bits per heavy atom. The van der Waals surface area contributed by atoms with Gasteiger partial charge >= 0.3 is 0 Å². The molecule has 0 N–H and O–H groups in total. The van der Waals surface area contributed by atoms with Crippen molar-refractivity contribution in [3.63, 3.8) is 0 Å². The van der Waals surface area contributed by atoms with Crippen molar-refractivity contribution in [3.8, 4) is 0 Å². The second-order valence-electron chi connectivity index (χ2n) is 4.05. The maximum absolute atomic E-state index is 13.1. The van der Waals surface area contributed by atoms with Crippen LogP contribution in [0.3, 0.4) is 0 Å². The van der Waals surface area contributed by atoms with Crippen LogP contribution in [0.5, 0.6) is 0 Å². The highest BCUT2D eigenvalue weighted by Gasteiger charge is 2.12. The molecule has 0 spiro atoms. The average Bonchev–Trinajstić information content (AvgIpc) is 2.93. The van der Waals surface area contributed by atoms with Crippen molar-refractivity contribution in [2.75, 3.05) is 0 Å². The predicted molar refractivity (Wildman–Crippen MR) is 75.2 cm³/mol. The van der Waals surface area contributed by atoms with Gasteiger partial charge < -0.3 is 0 Å². The maximum Gasteiger partial charge on any atom is 0.193 e. The molecular weight excluding hydrogens is 331 g/mol. The molecule has 0 amide bonds. The topological polar surface area (TPSA) is 34.4 Å². The van der Waals surface area contributed by atoms with Crippen LogP contribution in [0.15, 0.2) is 40.4 Å². The first-order valence-corrected chi connectivity index (χ1v) is 7.20. The van der Waals surface area contributed by atoms with Crippen LogP contribution >= 0.6 is 27.3 Å². The van der Waals surface area contributed by atoms with Crippen LogP contribution in [0.2, 0.25) is 0 Å². The highest BCUT2D eigenvalue weighted by atomic mass is 79.9. The number of fused-ring (bicyclic) bond motifs is 1. The van der Waals surface area contributed by atoms with Gasteiger partial charge in [0.1, 0.15) is 5.82 Å². The van der Waals surface area contributed by atoms with E-state index in [0.717, 1.165) is 10.7 Å². The summed E-state index contributed by atoms with van der Waals surface area (Å²) in [6.07, 6.45) is 3.95. The van der Waals surface area contributed by atoms with Crippen LogP contribution in [0.4, 0.5) is 4.39 Å². The minimum absolute atomic E-state index is 0.0774. The lowest BCUT2D eigenvalue weighted by molar-refractivity contribution is 0.0992. The minimum Gasteiger partial charge on any atom is -0.297 e. The summed E-state index contributed by atoms with van der Waals surface area (Å²) in [6, 6.07) is 4.26. The smallest absolute Gasteiger partial charge is 0.193 e. The molecule has 0 saturated heterocycles. The molecule has 19 heavy (non-hydrogen) atoms. The summed E-state index contributed by atoms with van der Waals surface area (Å²) in [5.74, 6) is -0.453. The molecule has 0 unspecified atom stereocenters. The average molecular weight is 339 g/mol. The van der Waals surface area contributed by atoms with Crippen LogP contribution < -0.4 is 0 Å².